The van der Waals surface area contributed by atoms with Crippen molar-refractivity contribution in [3.63, 3.8) is 0 Å². The number of aliphatic hydroxyl groups is 3. The van der Waals surface area contributed by atoms with E-state index in [1.54, 1.807) is 0 Å². The number of hydrogen-bond donors (Lipinski definition) is 3. The van der Waals surface area contributed by atoms with Gasteiger partial charge in [-0.05, 0) is 67.3 Å². The molecule has 0 heterocycles. The molecule has 4 nitrogen and oxygen atoms in total. The molecule has 3 saturated carbocycles. The van der Waals surface area contributed by atoms with E-state index in [4.69, 9.17) is 11.6 Å². The number of halogens is 1. The minimum atomic E-state index is -1.10. The van der Waals surface area contributed by atoms with Crippen molar-refractivity contribution in [1.29, 1.82) is 0 Å². The number of allylic oxidation sites excluding steroid dienone is 1. The molecule has 4 aliphatic rings. The average molecular weight is 369 g/mol. The molecule has 0 aromatic carbocycles. The van der Waals surface area contributed by atoms with Gasteiger partial charge in [-0.3, -0.25) is 4.79 Å². The molecule has 0 saturated heterocycles. The molecular formula is C20H29ClO4. The molecule has 7 atom stereocenters. The lowest BCUT2D eigenvalue weighted by molar-refractivity contribution is -0.181. The van der Waals surface area contributed by atoms with E-state index in [2.05, 4.69) is 6.92 Å². The molecule has 25 heavy (non-hydrogen) atoms. The molecule has 140 valence electrons. The van der Waals surface area contributed by atoms with Crippen LogP contribution in [-0.2, 0) is 4.79 Å². The minimum Gasteiger partial charge on any atom is -0.393 e. The van der Waals surface area contributed by atoms with Crippen LogP contribution in [0.5, 0.6) is 0 Å². The summed E-state index contributed by atoms with van der Waals surface area (Å²) in [5, 5.41) is 32.4. The van der Waals surface area contributed by atoms with Crippen molar-refractivity contribution in [2.45, 2.75) is 70.5 Å². The van der Waals surface area contributed by atoms with Gasteiger partial charge in [0.25, 0.3) is 0 Å². The highest BCUT2D eigenvalue weighted by molar-refractivity contribution is 6.43. The van der Waals surface area contributed by atoms with Gasteiger partial charge in [-0.1, -0.05) is 25.4 Å². The van der Waals surface area contributed by atoms with E-state index in [0.717, 1.165) is 31.3 Å². The van der Waals surface area contributed by atoms with Crippen LogP contribution in [0.2, 0.25) is 0 Å². The molecule has 0 aromatic rings. The first kappa shape index (κ1) is 18.0. The fraction of sp³-hybridized carbons (Fsp3) is 0.850. The third-order valence-electron chi connectivity index (χ3n) is 8.57. The van der Waals surface area contributed by atoms with Crippen molar-refractivity contribution in [2.75, 3.05) is 6.61 Å². The normalized spacial score (nSPS) is 52.6. The lowest BCUT2D eigenvalue weighted by atomic mass is 9.45. The van der Waals surface area contributed by atoms with Gasteiger partial charge < -0.3 is 15.3 Å². The summed E-state index contributed by atoms with van der Waals surface area (Å²) in [4.78, 5) is 12.1. The van der Waals surface area contributed by atoms with Crippen LogP contribution in [0.15, 0.2) is 10.6 Å². The maximum Gasteiger partial charge on any atom is 0.174 e. The molecule has 3 fully saturated rings. The number of ketones is 1. The lowest BCUT2D eigenvalue weighted by Crippen LogP contribution is -2.60. The largest absolute Gasteiger partial charge is 0.393 e. The number of rotatable bonds is 1. The van der Waals surface area contributed by atoms with Crippen molar-refractivity contribution in [1.82, 2.24) is 0 Å². The predicted molar refractivity (Wildman–Crippen MR) is 94.9 cm³/mol. The number of carbonyl (C=O) groups is 1. The molecule has 1 unspecified atom stereocenters. The van der Waals surface area contributed by atoms with E-state index in [9.17, 15) is 20.1 Å². The number of aliphatic hydroxyl groups excluding tert-OH is 2. The highest BCUT2D eigenvalue weighted by Crippen LogP contribution is 2.67. The standard InChI is InChI=1S/C20H29ClO4/c1-18-7-6-14(23)17(21)13(18)4-3-11-12-5-8-20(25,10-22)19(12,2)9-15(24)16(11)18/h11-12,15-16,22,24-25H,3-10H2,1-2H3/t11-,12-,15?,16+,18-,19-,20+/m0/s1. The Morgan fingerprint density at radius 1 is 1.20 bits per heavy atom. The van der Waals surface area contributed by atoms with Gasteiger partial charge in [0.2, 0.25) is 0 Å². The van der Waals surface area contributed by atoms with Crippen molar-refractivity contribution in [3.8, 4) is 0 Å². The van der Waals surface area contributed by atoms with E-state index in [-0.39, 0.29) is 23.7 Å². The van der Waals surface area contributed by atoms with Crippen LogP contribution in [0.3, 0.4) is 0 Å². The van der Waals surface area contributed by atoms with Crippen LogP contribution in [0.25, 0.3) is 0 Å². The van der Waals surface area contributed by atoms with Gasteiger partial charge >= 0.3 is 0 Å². The highest BCUT2D eigenvalue weighted by atomic mass is 35.5. The first-order valence-electron chi connectivity index (χ1n) is 9.61. The van der Waals surface area contributed by atoms with E-state index in [1.807, 2.05) is 6.92 Å². The van der Waals surface area contributed by atoms with Crippen LogP contribution in [0, 0.1) is 28.6 Å². The van der Waals surface area contributed by atoms with Crippen molar-refractivity contribution in [2.24, 2.45) is 28.6 Å². The quantitative estimate of drug-likeness (QED) is 0.665. The Morgan fingerprint density at radius 3 is 2.60 bits per heavy atom. The van der Waals surface area contributed by atoms with E-state index in [1.165, 1.54) is 0 Å². The molecule has 0 radical (unpaired) electrons. The van der Waals surface area contributed by atoms with Gasteiger partial charge in [0, 0.05) is 11.8 Å². The third kappa shape index (κ3) is 2.14. The second kappa shape index (κ2) is 5.54. The average Bonchev–Trinajstić information content (AvgIpc) is 2.83. The van der Waals surface area contributed by atoms with Gasteiger partial charge in [-0.2, -0.15) is 0 Å². The summed E-state index contributed by atoms with van der Waals surface area (Å²) in [5.74, 6) is 0.726. The first-order valence-corrected chi connectivity index (χ1v) is 9.99. The summed E-state index contributed by atoms with van der Waals surface area (Å²) in [7, 11) is 0. The van der Waals surface area contributed by atoms with Gasteiger partial charge in [-0.15, -0.1) is 0 Å². The molecule has 0 bridgehead atoms. The molecule has 0 amide bonds. The van der Waals surface area contributed by atoms with Crippen LogP contribution in [-0.4, -0.2) is 39.4 Å². The SMILES string of the molecule is C[C@]12CCC(=O)C(Cl)=C1CC[C@@H]1[C@@H]2C(O)C[C@@]2(C)[C@H]1CC[C@@]2(O)CO. The summed E-state index contributed by atoms with van der Waals surface area (Å²) < 4.78 is 0. The molecule has 0 spiro atoms. The van der Waals surface area contributed by atoms with Crippen molar-refractivity contribution in [3.05, 3.63) is 10.6 Å². The summed E-state index contributed by atoms with van der Waals surface area (Å²) >= 11 is 6.39. The Balaban J connectivity index is 1.76. The Labute approximate surface area is 154 Å². The monoisotopic (exact) mass is 368 g/mol. The second-order valence-corrected chi connectivity index (χ2v) is 9.76. The zero-order chi connectivity index (χ0) is 18.2. The fourth-order valence-electron chi connectivity index (χ4n) is 7.13. The number of Topliss-reactive ketones (excluding diaryl/α,β-unsaturated/α-hetero) is 1. The van der Waals surface area contributed by atoms with Gasteiger partial charge in [0.15, 0.2) is 5.78 Å². The van der Waals surface area contributed by atoms with E-state index >= 15 is 0 Å². The second-order valence-electron chi connectivity index (χ2n) is 9.39. The molecule has 4 rings (SSSR count). The molecule has 0 aromatic heterocycles. The zero-order valence-electron chi connectivity index (χ0n) is 15.1. The molecule has 4 aliphatic carbocycles. The first-order chi connectivity index (χ1) is 11.7. The summed E-state index contributed by atoms with van der Waals surface area (Å²) in [6.07, 6.45) is 4.37. The molecule has 5 heteroatoms. The Kier molecular flexibility index (Phi) is 3.98. The summed E-state index contributed by atoms with van der Waals surface area (Å²) in [5.41, 5.74) is -0.728. The molecule has 3 N–H and O–H groups in total. The maximum atomic E-state index is 12.1. The van der Waals surface area contributed by atoms with Crippen LogP contribution in [0.1, 0.15) is 58.8 Å². The maximum absolute atomic E-state index is 12.1. The summed E-state index contributed by atoms with van der Waals surface area (Å²) in [6.45, 7) is 3.98. The van der Waals surface area contributed by atoms with Crippen LogP contribution < -0.4 is 0 Å². The molecular weight excluding hydrogens is 340 g/mol. The van der Waals surface area contributed by atoms with Gasteiger partial charge in [0.05, 0.1) is 23.3 Å². The van der Waals surface area contributed by atoms with E-state index < -0.39 is 17.1 Å². The highest BCUT2D eigenvalue weighted by Gasteiger charge is 2.66. The Morgan fingerprint density at radius 2 is 1.92 bits per heavy atom. The Bertz CT molecular complexity index is 646. The number of hydrogen-bond acceptors (Lipinski definition) is 4. The predicted octanol–water partition coefficient (Wildman–Crippen LogP) is 2.78. The lowest BCUT2D eigenvalue weighted by Gasteiger charge is -2.60. The third-order valence-corrected chi connectivity index (χ3v) is 9.01. The van der Waals surface area contributed by atoms with Crippen molar-refractivity contribution < 1.29 is 20.1 Å². The van der Waals surface area contributed by atoms with Gasteiger partial charge in [0.1, 0.15) is 0 Å². The van der Waals surface area contributed by atoms with E-state index in [0.29, 0.717) is 36.1 Å². The summed E-state index contributed by atoms with van der Waals surface area (Å²) in [6, 6.07) is 0. The van der Waals surface area contributed by atoms with Crippen LogP contribution in [0.4, 0.5) is 0 Å². The number of fused-ring (bicyclic) bond motifs is 5. The van der Waals surface area contributed by atoms with Crippen LogP contribution >= 0.6 is 11.6 Å². The Hall–Kier alpha value is -0.420. The fourth-order valence-corrected chi connectivity index (χ4v) is 7.54. The topological polar surface area (TPSA) is 77.8 Å². The van der Waals surface area contributed by atoms with Gasteiger partial charge in [-0.25, -0.2) is 0 Å². The smallest absolute Gasteiger partial charge is 0.174 e. The number of carbonyl (C=O) groups excluding carboxylic acids is 1. The molecule has 0 aliphatic heterocycles. The van der Waals surface area contributed by atoms with Crippen molar-refractivity contribution >= 4 is 17.4 Å². The zero-order valence-corrected chi connectivity index (χ0v) is 15.9. The minimum absolute atomic E-state index is 0.0400.